The molecule has 0 heterocycles. The van der Waals surface area contributed by atoms with Gasteiger partial charge in [-0.25, -0.2) is 0 Å². The first kappa shape index (κ1) is 13.8. The Hall–Kier alpha value is -2.28. The number of rotatable bonds is 5. The van der Waals surface area contributed by atoms with Crippen molar-refractivity contribution in [1.82, 2.24) is 5.32 Å². The van der Waals surface area contributed by atoms with Crippen molar-refractivity contribution >= 4 is 5.78 Å². The number of methoxy groups -OCH3 is 1. The number of carbonyl (C=O) groups is 1. The van der Waals surface area contributed by atoms with Gasteiger partial charge in [0.25, 0.3) is 0 Å². The molecule has 0 bridgehead atoms. The lowest BCUT2D eigenvalue weighted by Gasteiger charge is -2.13. The Bertz CT molecular complexity index is 484. The Balaban J connectivity index is 2.83. The summed E-state index contributed by atoms with van der Waals surface area (Å²) in [5.41, 5.74) is 1.50. The van der Waals surface area contributed by atoms with Crippen LogP contribution in [0, 0.1) is 11.3 Å². The molecule has 1 atom stereocenters. The number of allylic oxidation sites excluding steroid dienone is 2. The van der Waals surface area contributed by atoms with Crippen LogP contribution in [0.1, 0.15) is 25.5 Å². The minimum atomic E-state index is -0.480. The molecule has 0 spiro atoms. The highest BCUT2D eigenvalue weighted by Gasteiger charge is 2.10. The van der Waals surface area contributed by atoms with Crippen molar-refractivity contribution in [2.75, 3.05) is 7.11 Å². The third-order valence-electron chi connectivity index (χ3n) is 2.37. The summed E-state index contributed by atoms with van der Waals surface area (Å²) in [6, 6.07) is 8.91. The van der Waals surface area contributed by atoms with Gasteiger partial charge in [0.2, 0.25) is 0 Å². The highest BCUT2D eigenvalue weighted by molar-refractivity contribution is 5.87. The molecule has 4 heteroatoms. The van der Waals surface area contributed by atoms with E-state index in [1.54, 1.807) is 26.2 Å². The second-order valence-electron chi connectivity index (χ2n) is 3.92. The lowest BCUT2D eigenvalue weighted by atomic mass is 10.1. The standard InChI is InChI=1S/C14H16N2O2/c1-10(8-11(2)17)16-14(9-15)12-4-6-13(18-3)7-5-12/h4-8,14,16H,1-3H3/b10-8-. The summed E-state index contributed by atoms with van der Waals surface area (Å²) in [6.07, 6.45) is 1.47. The molecule has 0 fully saturated rings. The van der Waals surface area contributed by atoms with Crippen LogP contribution in [0.5, 0.6) is 5.75 Å². The molecule has 0 aliphatic carbocycles. The summed E-state index contributed by atoms with van der Waals surface area (Å²) < 4.78 is 5.06. The summed E-state index contributed by atoms with van der Waals surface area (Å²) >= 11 is 0. The van der Waals surface area contributed by atoms with Crippen LogP contribution < -0.4 is 10.1 Å². The molecule has 1 aromatic rings. The van der Waals surface area contributed by atoms with E-state index in [4.69, 9.17) is 10.00 Å². The fourth-order valence-corrected chi connectivity index (χ4v) is 1.56. The monoisotopic (exact) mass is 244 g/mol. The number of ketones is 1. The van der Waals surface area contributed by atoms with Gasteiger partial charge in [-0.15, -0.1) is 0 Å². The van der Waals surface area contributed by atoms with Crippen LogP contribution in [-0.4, -0.2) is 12.9 Å². The van der Waals surface area contributed by atoms with Crippen LogP contribution in [0.25, 0.3) is 0 Å². The van der Waals surface area contributed by atoms with Gasteiger partial charge in [-0.3, -0.25) is 4.79 Å². The van der Waals surface area contributed by atoms with Crippen molar-refractivity contribution in [3.05, 3.63) is 41.6 Å². The largest absolute Gasteiger partial charge is 0.497 e. The zero-order chi connectivity index (χ0) is 13.5. The number of nitrogens with zero attached hydrogens (tertiary/aromatic N) is 1. The molecule has 0 aliphatic rings. The highest BCUT2D eigenvalue weighted by Crippen LogP contribution is 2.18. The maximum absolute atomic E-state index is 10.9. The van der Waals surface area contributed by atoms with Gasteiger partial charge in [0.1, 0.15) is 11.8 Å². The summed E-state index contributed by atoms with van der Waals surface area (Å²) in [5, 5.41) is 12.1. The van der Waals surface area contributed by atoms with Gasteiger partial charge in [-0.2, -0.15) is 5.26 Å². The van der Waals surface area contributed by atoms with E-state index >= 15 is 0 Å². The van der Waals surface area contributed by atoms with E-state index in [2.05, 4.69) is 11.4 Å². The lowest BCUT2D eigenvalue weighted by molar-refractivity contribution is -0.112. The van der Waals surface area contributed by atoms with Gasteiger partial charge in [0, 0.05) is 5.70 Å². The van der Waals surface area contributed by atoms with E-state index < -0.39 is 6.04 Å². The number of nitriles is 1. The Kier molecular flexibility index (Phi) is 4.94. The first-order valence-corrected chi connectivity index (χ1v) is 5.55. The normalized spacial score (nSPS) is 12.4. The summed E-state index contributed by atoms with van der Waals surface area (Å²) in [7, 11) is 1.59. The van der Waals surface area contributed by atoms with Gasteiger partial charge in [-0.1, -0.05) is 12.1 Å². The van der Waals surface area contributed by atoms with Gasteiger partial charge in [0.15, 0.2) is 5.78 Å². The molecule has 0 saturated carbocycles. The zero-order valence-corrected chi connectivity index (χ0v) is 10.7. The lowest BCUT2D eigenvalue weighted by Crippen LogP contribution is -2.18. The van der Waals surface area contributed by atoms with Gasteiger partial charge >= 0.3 is 0 Å². The van der Waals surface area contributed by atoms with Crippen LogP contribution in [0.3, 0.4) is 0 Å². The predicted octanol–water partition coefficient (Wildman–Crippen LogP) is 2.34. The number of nitrogens with one attached hydrogen (secondary N) is 1. The Morgan fingerprint density at radius 1 is 1.39 bits per heavy atom. The van der Waals surface area contributed by atoms with Crippen molar-refractivity contribution in [3.8, 4) is 11.8 Å². The third-order valence-corrected chi connectivity index (χ3v) is 2.37. The van der Waals surface area contributed by atoms with E-state index in [0.29, 0.717) is 5.70 Å². The van der Waals surface area contributed by atoms with Crippen LogP contribution in [0.2, 0.25) is 0 Å². The minimum Gasteiger partial charge on any atom is -0.497 e. The predicted molar refractivity (Wildman–Crippen MR) is 68.9 cm³/mol. The molecular weight excluding hydrogens is 228 g/mol. The summed E-state index contributed by atoms with van der Waals surface area (Å²) in [6.45, 7) is 3.23. The van der Waals surface area contributed by atoms with E-state index in [1.807, 2.05) is 12.1 Å². The van der Waals surface area contributed by atoms with Gasteiger partial charge < -0.3 is 10.1 Å². The molecule has 18 heavy (non-hydrogen) atoms. The van der Waals surface area contributed by atoms with Crippen molar-refractivity contribution in [2.45, 2.75) is 19.9 Å². The maximum Gasteiger partial charge on any atom is 0.154 e. The average molecular weight is 244 g/mol. The fraction of sp³-hybridized carbons (Fsp3) is 0.286. The Morgan fingerprint density at radius 3 is 2.44 bits per heavy atom. The number of ether oxygens (including phenoxy) is 1. The number of hydrogen-bond donors (Lipinski definition) is 1. The quantitative estimate of drug-likeness (QED) is 0.807. The Morgan fingerprint density at radius 2 is 2.00 bits per heavy atom. The third kappa shape index (κ3) is 3.95. The number of hydrogen-bond acceptors (Lipinski definition) is 4. The van der Waals surface area contributed by atoms with E-state index in [-0.39, 0.29) is 5.78 Å². The SMILES string of the molecule is COc1ccc(C(C#N)N/C(C)=C\C(C)=O)cc1. The molecule has 1 aromatic carbocycles. The molecule has 0 amide bonds. The van der Waals surface area contributed by atoms with Crippen molar-refractivity contribution < 1.29 is 9.53 Å². The average Bonchev–Trinajstić information content (AvgIpc) is 2.35. The molecule has 1 rings (SSSR count). The van der Waals surface area contributed by atoms with Crippen LogP contribution in [0.15, 0.2) is 36.0 Å². The van der Waals surface area contributed by atoms with Crippen molar-refractivity contribution in [3.63, 3.8) is 0 Å². The van der Waals surface area contributed by atoms with E-state index in [9.17, 15) is 4.79 Å². The molecule has 1 unspecified atom stereocenters. The summed E-state index contributed by atoms with van der Waals surface area (Å²) in [4.78, 5) is 10.9. The number of benzene rings is 1. The molecule has 0 aliphatic heterocycles. The van der Waals surface area contributed by atoms with Crippen LogP contribution in [-0.2, 0) is 4.79 Å². The van der Waals surface area contributed by atoms with Gasteiger partial charge in [0.05, 0.1) is 13.2 Å². The topological polar surface area (TPSA) is 62.1 Å². The molecule has 0 radical (unpaired) electrons. The van der Waals surface area contributed by atoms with Gasteiger partial charge in [-0.05, 0) is 37.6 Å². The second-order valence-corrected chi connectivity index (χ2v) is 3.92. The highest BCUT2D eigenvalue weighted by atomic mass is 16.5. The van der Waals surface area contributed by atoms with Crippen LogP contribution in [0.4, 0.5) is 0 Å². The smallest absolute Gasteiger partial charge is 0.154 e. The summed E-state index contributed by atoms with van der Waals surface area (Å²) in [5.74, 6) is 0.692. The molecular formula is C14H16N2O2. The molecule has 1 N–H and O–H groups in total. The molecule has 4 nitrogen and oxygen atoms in total. The van der Waals surface area contributed by atoms with Crippen LogP contribution >= 0.6 is 0 Å². The number of carbonyl (C=O) groups excluding carboxylic acids is 1. The molecule has 0 saturated heterocycles. The van der Waals surface area contributed by atoms with Crippen molar-refractivity contribution in [2.24, 2.45) is 0 Å². The van der Waals surface area contributed by atoms with Crippen molar-refractivity contribution in [1.29, 1.82) is 5.26 Å². The van der Waals surface area contributed by atoms with E-state index in [0.717, 1.165) is 11.3 Å². The minimum absolute atomic E-state index is 0.0496. The maximum atomic E-state index is 10.9. The Labute approximate surface area is 107 Å². The fourth-order valence-electron chi connectivity index (χ4n) is 1.56. The molecule has 94 valence electrons. The first-order valence-electron chi connectivity index (χ1n) is 5.55. The second kappa shape index (κ2) is 6.45. The van der Waals surface area contributed by atoms with E-state index in [1.165, 1.54) is 13.0 Å². The zero-order valence-electron chi connectivity index (χ0n) is 10.7. The first-order chi connectivity index (χ1) is 8.56. The molecule has 0 aromatic heterocycles.